The molecule has 0 atom stereocenters. The minimum absolute atomic E-state index is 0.214. The summed E-state index contributed by atoms with van der Waals surface area (Å²) in [6.45, 7) is 0. The molecule has 2 aromatic rings. The largest absolute Gasteiger partial charge is 0.349 e. The van der Waals surface area contributed by atoms with Gasteiger partial charge in [0.2, 0.25) is 0 Å². The first kappa shape index (κ1) is 13.8. The van der Waals surface area contributed by atoms with Gasteiger partial charge in [-0.25, -0.2) is 0 Å². The van der Waals surface area contributed by atoms with Crippen molar-refractivity contribution in [3.63, 3.8) is 0 Å². The van der Waals surface area contributed by atoms with Crippen molar-refractivity contribution < 1.29 is 4.79 Å². The maximum atomic E-state index is 12.4. The first-order valence-electron chi connectivity index (χ1n) is 7.80. The molecule has 1 amide bonds. The molecule has 0 bridgehead atoms. The van der Waals surface area contributed by atoms with Crippen LogP contribution in [0, 0.1) is 11.8 Å². The van der Waals surface area contributed by atoms with Crippen LogP contribution in [-0.4, -0.2) is 16.9 Å². The molecule has 2 aliphatic rings. The van der Waals surface area contributed by atoms with Crippen molar-refractivity contribution in [3.05, 3.63) is 45.6 Å². The number of pyridine rings is 1. The Kier molecular flexibility index (Phi) is 3.37. The second-order valence-electron chi connectivity index (χ2n) is 6.27. The van der Waals surface area contributed by atoms with Gasteiger partial charge in [-0.1, -0.05) is 6.07 Å². The molecule has 2 saturated carbocycles. The molecule has 0 radical (unpaired) electrons. The lowest BCUT2D eigenvalue weighted by atomic mass is 10.1. The van der Waals surface area contributed by atoms with E-state index in [4.69, 9.17) is 0 Å². The summed E-state index contributed by atoms with van der Waals surface area (Å²) in [5, 5.41) is 5.06. The molecule has 2 fully saturated rings. The number of aromatic amines is 1. The van der Waals surface area contributed by atoms with Crippen LogP contribution in [0.15, 0.2) is 34.4 Å². The minimum Gasteiger partial charge on any atom is -0.349 e. The molecule has 0 spiro atoms. The zero-order valence-corrected chi connectivity index (χ0v) is 13.0. The van der Waals surface area contributed by atoms with Crippen molar-refractivity contribution in [1.29, 1.82) is 0 Å². The molecular weight excluding hydrogens is 296 g/mol. The number of rotatable bonds is 5. The van der Waals surface area contributed by atoms with E-state index in [-0.39, 0.29) is 23.1 Å². The highest BCUT2D eigenvalue weighted by molar-refractivity contribution is 7.13. The van der Waals surface area contributed by atoms with Gasteiger partial charge >= 0.3 is 0 Å². The van der Waals surface area contributed by atoms with Gasteiger partial charge in [0, 0.05) is 6.04 Å². The van der Waals surface area contributed by atoms with Crippen LogP contribution in [-0.2, 0) is 0 Å². The fraction of sp³-hybridized carbons (Fsp3) is 0.412. The molecule has 2 aromatic heterocycles. The molecule has 0 aliphatic heterocycles. The van der Waals surface area contributed by atoms with Crippen molar-refractivity contribution in [2.24, 2.45) is 11.8 Å². The zero-order valence-electron chi connectivity index (χ0n) is 12.2. The molecular formula is C17H18N2O2S. The normalized spacial score (nSPS) is 17.7. The second kappa shape index (κ2) is 5.39. The minimum atomic E-state index is -0.311. The average Bonchev–Trinajstić information content (AvgIpc) is 3.44. The Balaban J connectivity index is 1.54. The lowest BCUT2D eigenvalue weighted by Crippen LogP contribution is -2.40. The summed E-state index contributed by atoms with van der Waals surface area (Å²) >= 11 is 1.56. The summed E-state index contributed by atoms with van der Waals surface area (Å²) in [6.07, 6.45) is 4.81. The molecule has 0 aromatic carbocycles. The Hall–Kier alpha value is -1.88. The van der Waals surface area contributed by atoms with E-state index in [1.54, 1.807) is 17.4 Å². The second-order valence-corrected chi connectivity index (χ2v) is 7.21. The zero-order chi connectivity index (χ0) is 15.1. The summed E-state index contributed by atoms with van der Waals surface area (Å²) in [7, 11) is 0. The van der Waals surface area contributed by atoms with E-state index in [0.717, 1.165) is 10.6 Å². The van der Waals surface area contributed by atoms with E-state index in [0.29, 0.717) is 11.8 Å². The Morgan fingerprint density at radius 3 is 2.45 bits per heavy atom. The van der Waals surface area contributed by atoms with Crippen LogP contribution < -0.4 is 10.9 Å². The van der Waals surface area contributed by atoms with Crippen LogP contribution in [0.1, 0.15) is 36.0 Å². The number of amides is 1. The highest BCUT2D eigenvalue weighted by atomic mass is 32.1. The van der Waals surface area contributed by atoms with E-state index < -0.39 is 0 Å². The predicted octanol–water partition coefficient (Wildman–Crippen LogP) is 3.02. The van der Waals surface area contributed by atoms with Gasteiger partial charge in [0.05, 0.1) is 10.6 Å². The smallest absolute Gasteiger partial charge is 0.261 e. The van der Waals surface area contributed by atoms with Crippen molar-refractivity contribution in [3.8, 4) is 10.6 Å². The number of carbonyl (C=O) groups excluding carboxylic acids is 1. The van der Waals surface area contributed by atoms with E-state index in [1.807, 2.05) is 23.6 Å². The topological polar surface area (TPSA) is 62.0 Å². The fourth-order valence-electron chi connectivity index (χ4n) is 2.99. The van der Waals surface area contributed by atoms with Gasteiger partial charge in [-0.2, -0.15) is 0 Å². The van der Waals surface area contributed by atoms with Crippen LogP contribution in [0.2, 0.25) is 0 Å². The molecule has 2 aliphatic carbocycles. The lowest BCUT2D eigenvalue weighted by Gasteiger charge is -2.17. The quantitative estimate of drug-likeness (QED) is 0.891. The number of H-pyrrole nitrogens is 1. The van der Waals surface area contributed by atoms with E-state index in [2.05, 4.69) is 10.3 Å². The van der Waals surface area contributed by atoms with E-state index >= 15 is 0 Å². The lowest BCUT2D eigenvalue weighted by molar-refractivity contribution is 0.0925. The first-order chi connectivity index (χ1) is 10.7. The van der Waals surface area contributed by atoms with Crippen molar-refractivity contribution in [1.82, 2.24) is 10.3 Å². The molecule has 0 unspecified atom stereocenters. The Morgan fingerprint density at radius 1 is 1.18 bits per heavy atom. The summed E-state index contributed by atoms with van der Waals surface area (Å²) in [6, 6.07) is 7.61. The highest BCUT2D eigenvalue weighted by Gasteiger charge is 2.42. The molecule has 2 N–H and O–H groups in total. The molecule has 0 saturated heterocycles. The van der Waals surface area contributed by atoms with Crippen LogP contribution in [0.4, 0.5) is 0 Å². The third-order valence-corrected chi connectivity index (χ3v) is 5.40. The third kappa shape index (κ3) is 2.73. The van der Waals surface area contributed by atoms with Crippen molar-refractivity contribution >= 4 is 17.2 Å². The van der Waals surface area contributed by atoms with E-state index in [9.17, 15) is 9.59 Å². The molecule has 4 rings (SSSR count). The summed E-state index contributed by atoms with van der Waals surface area (Å²) in [5.41, 5.74) is 0.665. The summed E-state index contributed by atoms with van der Waals surface area (Å²) < 4.78 is 0. The number of aromatic nitrogens is 1. The first-order valence-corrected chi connectivity index (χ1v) is 8.68. The Morgan fingerprint density at radius 2 is 1.91 bits per heavy atom. The highest BCUT2D eigenvalue weighted by Crippen LogP contribution is 2.44. The molecule has 4 nitrogen and oxygen atoms in total. The SMILES string of the molecule is O=C(NC(C1CC1)C1CC1)c1ccc(-c2cccs2)[nH]c1=O. The predicted molar refractivity (Wildman–Crippen MR) is 87.1 cm³/mol. The third-order valence-electron chi connectivity index (χ3n) is 4.50. The van der Waals surface area contributed by atoms with Gasteiger partial charge in [0.25, 0.3) is 11.5 Å². The van der Waals surface area contributed by atoms with Gasteiger partial charge in [0.15, 0.2) is 0 Å². The van der Waals surface area contributed by atoms with Crippen LogP contribution >= 0.6 is 11.3 Å². The average molecular weight is 314 g/mol. The van der Waals surface area contributed by atoms with Crippen LogP contribution in [0.5, 0.6) is 0 Å². The molecule has 22 heavy (non-hydrogen) atoms. The molecule has 2 heterocycles. The number of thiophene rings is 1. The molecule has 5 heteroatoms. The van der Waals surface area contributed by atoms with Gasteiger partial charge in [-0.15, -0.1) is 11.3 Å². The van der Waals surface area contributed by atoms with E-state index in [1.165, 1.54) is 25.7 Å². The van der Waals surface area contributed by atoms with Gasteiger partial charge < -0.3 is 10.3 Å². The number of hydrogen-bond acceptors (Lipinski definition) is 3. The van der Waals surface area contributed by atoms with Crippen molar-refractivity contribution in [2.45, 2.75) is 31.7 Å². The fourth-order valence-corrected chi connectivity index (χ4v) is 3.70. The van der Waals surface area contributed by atoms with Crippen LogP contribution in [0.3, 0.4) is 0 Å². The number of carbonyl (C=O) groups is 1. The maximum absolute atomic E-state index is 12.4. The number of hydrogen-bond donors (Lipinski definition) is 2. The maximum Gasteiger partial charge on any atom is 0.261 e. The summed E-state index contributed by atoms with van der Waals surface area (Å²) in [4.78, 5) is 28.4. The number of nitrogens with one attached hydrogen (secondary N) is 2. The Labute approximate surface area is 132 Å². The monoisotopic (exact) mass is 314 g/mol. The van der Waals surface area contributed by atoms with Gasteiger partial charge in [0.1, 0.15) is 5.56 Å². The molecule has 114 valence electrons. The Bertz CT molecular complexity index is 730. The van der Waals surface area contributed by atoms with Gasteiger partial charge in [-0.3, -0.25) is 9.59 Å². The summed E-state index contributed by atoms with van der Waals surface area (Å²) in [5.74, 6) is 1.02. The van der Waals surface area contributed by atoms with Crippen LogP contribution in [0.25, 0.3) is 10.6 Å². The van der Waals surface area contributed by atoms with Gasteiger partial charge in [-0.05, 0) is 61.1 Å². The standard InChI is InChI=1S/C17H18N2O2S/c20-16-12(7-8-13(18-16)14-2-1-9-22-14)17(21)19-15(10-3-4-10)11-5-6-11/h1-2,7-11,15H,3-6H2,(H,18,20)(H,19,21). The van der Waals surface area contributed by atoms with Crippen molar-refractivity contribution in [2.75, 3.05) is 0 Å².